The van der Waals surface area contributed by atoms with Gasteiger partial charge in [0.2, 0.25) is 0 Å². The van der Waals surface area contributed by atoms with Crippen molar-refractivity contribution in [3.63, 3.8) is 0 Å². The molecule has 15 heteroatoms. The maximum Gasteiger partial charge on any atom is 0.457 e. The van der Waals surface area contributed by atoms with E-state index in [1.807, 2.05) is 0 Å². The van der Waals surface area contributed by atoms with Gasteiger partial charge in [0.15, 0.2) is 0 Å². The maximum absolute atomic E-state index is 13.1. The summed E-state index contributed by atoms with van der Waals surface area (Å²) in [6, 6.07) is 0. The zero-order valence-corrected chi connectivity index (χ0v) is 9.30. The molecule has 0 aromatic rings. The van der Waals surface area contributed by atoms with E-state index in [1.165, 1.54) is 0 Å². The molecule has 0 aliphatic carbocycles. The zero-order chi connectivity index (χ0) is 17.0. The van der Waals surface area contributed by atoms with Gasteiger partial charge in [-0.2, -0.15) is 43.9 Å². The molecule has 0 fully saturated rings. The molecule has 0 spiro atoms. The second kappa shape index (κ2) is 4.44. The summed E-state index contributed by atoms with van der Waals surface area (Å²) in [6.07, 6.45) is -14.8. The first-order chi connectivity index (χ1) is 8.25. The first kappa shape index (κ1) is 19.4. The van der Waals surface area contributed by atoms with Crippen molar-refractivity contribution in [2.75, 3.05) is 0 Å². The first-order valence-electron chi connectivity index (χ1n) is 3.88. The number of hydrogen-bond acceptors (Lipinski definition) is 1. The third kappa shape index (κ3) is 2.37. The Hall–Kier alpha value is -0.620. The van der Waals surface area contributed by atoms with Crippen LogP contribution in [0.4, 0.5) is 48.3 Å². The quantitative estimate of drug-likeness (QED) is 0.607. The highest BCUT2D eigenvalue weighted by Gasteiger charge is 2.92. The lowest BCUT2D eigenvalue weighted by atomic mass is 10.1. The molecule has 122 valence electrons. The summed E-state index contributed by atoms with van der Waals surface area (Å²) < 4.78 is 144. The number of alkyl halides is 11. The second-order valence-corrected chi connectivity index (χ2v) is 5.01. The highest BCUT2D eigenvalue weighted by atomic mass is 31.2. The average molecular weight is 350 g/mol. The third-order valence-corrected chi connectivity index (χ3v) is 3.31. The van der Waals surface area contributed by atoms with Crippen LogP contribution in [0, 0.1) is 0 Å². The number of rotatable bonds is 3. The Morgan fingerprint density at radius 2 is 0.800 bits per heavy atom. The van der Waals surface area contributed by atoms with E-state index in [4.69, 9.17) is 9.79 Å². The van der Waals surface area contributed by atoms with Gasteiger partial charge in [-0.1, -0.05) is 0 Å². The van der Waals surface area contributed by atoms with Crippen molar-refractivity contribution >= 4 is 7.60 Å². The van der Waals surface area contributed by atoms with Gasteiger partial charge in [0.25, 0.3) is 0 Å². The Balaban J connectivity index is 6.58. The molecule has 0 saturated heterocycles. The van der Waals surface area contributed by atoms with Crippen LogP contribution in [0.3, 0.4) is 0 Å². The molecule has 0 radical (unpaired) electrons. The van der Waals surface area contributed by atoms with Gasteiger partial charge in [0.1, 0.15) is 0 Å². The SMILES string of the molecule is O=P(O)(O)C(F)(C(F)(F)C(F)(F)F)C(F)(F)C(F)(F)F. The summed E-state index contributed by atoms with van der Waals surface area (Å²) in [4.78, 5) is 15.8. The Labute approximate surface area is 101 Å². The standard InChI is InChI=1S/C5H2F11O3P/c6-1(7,4(11,12)13)3(10,20(17,18)19)2(8,9)5(14,15)16/h(H2,17,18,19). The summed E-state index contributed by atoms with van der Waals surface area (Å²) in [5, 5.41) is -7.55. The summed E-state index contributed by atoms with van der Waals surface area (Å²) >= 11 is 0. The number of halogens is 11. The van der Waals surface area contributed by atoms with E-state index in [1.54, 1.807) is 0 Å². The largest absolute Gasteiger partial charge is 0.457 e. The third-order valence-electron chi connectivity index (χ3n) is 1.95. The molecule has 0 saturated carbocycles. The van der Waals surface area contributed by atoms with Gasteiger partial charge in [0.05, 0.1) is 0 Å². The van der Waals surface area contributed by atoms with E-state index in [2.05, 4.69) is 0 Å². The molecule has 0 heterocycles. The van der Waals surface area contributed by atoms with Crippen molar-refractivity contribution in [2.45, 2.75) is 29.6 Å². The molecule has 0 unspecified atom stereocenters. The molecule has 0 bridgehead atoms. The average Bonchev–Trinajstić information content (AvgIpc) is 2.10. The highest BCUT2D eigenvalue weighted by molar-refractivity contribution is 7.53. The van der Waals surface area contributed by atoms with Crippen LogP contribution >= 0.6 is 7.60 Å². The van der Waals surface area contributed by atoms with Crippen molar-refractivity contribution < 1.29 is 62.6 Å². The topological polar surface area (TPSA) is 57.5 Å². The van der Waals surface area contributed by atoms with Crippen molar-refractivity contribution in [2.24, 2.45) is 0 Å². The predicted octanol–water partition coefficient (Wildman–Crippen LogP) is 3.23. The fraction of sp³-hybridized carbons (Fsp3) is 1.00. The van der Waals surface area contributed by atoms with Crippen LogP contribution in [0.15, 0.2) is 0 Å². The molecule has 3 nitrogen and oxygen atoms in total. The van der Waals surface area contributed by atoms with Crippen molar-refractivity contribution in [3.05, 3.63) is 0 Å². The van der Waals surface area contributed by atoms with Crippen LogP contribution in [-0.4, -0.2) is 39.4 Å². The normalized spacial score (nSPS) is 16.4. The molecule has 0 aromatic heterocycles. The van der Waals surface area contributed by atoms with Crippen molar-refractivity contribution in [3.8, 4) is 0 Å². The molecule has 0 aliphatic heterocycles. The molecule has 0 atom stereocenters. The molecule has 0 aliphatic rings. The second-order valence-electron chi connectivity index (χ2n) is 3.31. The van der Waals surface area contributed by atoms with Gasteiger partial charge in [-0.05, 0) is 0 Å². The lowest BCUT2D eigenvalue weighted by Gasteiger charge is -2.39. The van der Waals surface area contributed by atoms with Crippen LogP contribution in [0.5, 0.6) is 0 Å². The Kier molecular flexibility index (Phi) is 4.30. The van der Waals surface area contributed by atoms with Gasteiger partial charge in [-0.15, -0.1) is 0 Å². The van der Waals surface area contributed by atoms with Crippen LogP contribution in [-0.2, 0) is 4.57 Å². The van der Waals surface area contributed by atoms with Crippen molar-refractivity contribution in [1.82, 2.24) is 0 Å². The summed E-state index contributed by atoms with van der Waals surface area (Å²) in [5.74, 6) is -15.4. The van der Waals surface area contributed by atoms with Gasteiger partial charge < -0.3 is 9.79 Å². The van der Waals surface area contributed by atoms with E-state index in [0.29, 0.717) is 0 Å². The van der Waals surface area contributed by atoms with Gasteiger partial charge in [-0.25, -0.2) is 4.39 Å². The van der Waals surface area contributed by atoms with E-state index in [0.717, 1.165) is 0 Å². The maximum atomic E-state index is 13.1. The van der Waals surface area contributed by atoms with Gasteiger partial charge in [-0.3, -0.25) is 4.57 Å². The lowest BCUT2D eigenvalue weighted by molar-refractivity contribution is -0.387. The minimum absolute atomic E-state index is 7.42. The highest BCUT2D eigenvalue weighted by Crippen LogP contribution is 2.70. The summed E-state index contributed by atoms with van der Waals surface area (Å²) in [7, 11) is -7.93. The zero-order valence-electron chi connectivity index (χ0n) is 8.41. The first-order valence-corrected chi connectivity index (χ1v) is 5.50. The molecule has 0 amide bonds. The van der Waals surface area contributed by atoms with Gasteiger partial charge >= 0.3 is 37.2 Å². The van der Waals surface area contributed by atoms with Crippen LogP contribution in [0.1, 0.15) is 0 Å². The molecular weight excluding hydrogens is 348 g/mol. The number of hydrogen-bond donors (Lipinski definition) is 2. The fourth-order valence-corrected chi connectivity index (χ4v) is 1.92. The van der Waals surface area contributed by atoms with E-state index >= 15 is 0 Å². The van der Waals surface area contributed by atoms with Crippen LogP contribution < -0.4 is 0 Å². The molecular formula is C5H2F11O3P. The minimum Gasteiger partial charge on any atom is -0.322 e. The van der Waals surface area contributed by atoms with Crippen LogP contribution in [0.2, 0.25) is 0 Å². The van der Waals surface area contributed by atoms with E-state index in [-0.39, 0.29) is 0 Å². The molecule has 20 heavy (non-hydrogen) atoms. The summed E-state index contributed by atoms with van der Waals surface area (Å²) in [5.41, 5.74) is 0. The molecule has 0 rings (SSSR count). The Bertz CT molecular complexity index is 391. The Morgan fingerprint density at radius 1 is 0.600 bits per heavy atom. The van der Waals surface area contributed by atoms with Gasteiger partial charge in [0, 0.05) is 0 Å². The minimum atomic E-state index is -7.93. The predicted molar refractivity (Wildman–Crippen MR) is 37.9 cm³/mol. The summed E-state index contributed by atoms with van der Waals surface area (Å²) in [6.45, 7) is 0. The smallest absolute Gasteiger partial charge is 0.322 e. The van der Waals surface area contributed by atoms with Crippen LogP contribution in [0.25, 0.3) is 0 Å². The molecule has 0 aromatic carbocycles. The fourth-order valence-electron chi connectivity index (χ4n) is 0.939. The van der Waals surface area contributed by atoms with Crippen molar-refractivity contribution in [1.29, 1.82) is 0 Å². The Morgan fingerprint density at radius 3 is 0.900 bits per heavy atom. The lowest BCUT2D eigenvalue weighted by Crippen LogP contribution is -2.67. The van der Waals surface area contributed by atoms with E-state index < -0.39 is 37.2 Å². The molecule has 2 N–H and O–H groups in total. The van der Waals surface area contributed by atoms with E-state index in [9.17, 15) is 52.9 Å². The monoisotopic (exact) mass is 350 g/mol.